The first-order valence-electron chi connectivity index (χ1n) is 5.53. The Morgan fingerprint density at radius 3 is 2.88 bits per heavy atom. The van der Waals surface area contributed by atoms with Crippen LogP contribution in [-0.4, -0.2) is 19.3 Å². The first-order chi connectivity index (χ1) is 7.69. The van der Waals surface area contributed by atoms with Gasteiger partial charge in [-0.25, -0.2) is 0 Å². The second kappa shape index (κ2) is 6.14. The van der Waals surface area contributed by atoms with Crippen molar-refractivity contribution in [1.29, 1.82) is 5.26 Å². The van der Waals surface area contributed by atoms with Crippen LogP contribution in [0.2, 0.25) is 0 Å². The van der Waals surface area contributed by atoms with Crippen molar-refractivity contribution in [2.75, 3.05) is 18.5 Å². The summed E-state index contributed by atoms with van der Waals surface area (Å²) in [7, 11) is 0. The number of rotatable bonds is 5. The third-order valence-electron chi connectivity index (χ3n) is 2.36. The van der Waals surface area contributed by atoms with Crippen LogP contribution in [0.3, 0.4) is 0 Å². The van der Waals surface area contributed by atoms with Gasteiger partial charge in [0.15, 0.2) is 0 Å². The Morgan fingerprint density at radius 1 is 1.50 bits per heavy atom. The number of nitrogens with zero attached hydrogens (tertiary/aromatic N) is 1. The zero-order valence-corrected chi connectivity index (χ0v) is 10.1. The number of aryl methyl sites for hydroxylation is 1. The van der Waals surface area contributed by atoms with Gasteiger partial charge < -0.3 is 10.1 Å². The average Bonchev–Trinajstić information content (AvgIpc) is 2.29. The molecule has 3 nitrogen and oxygen atoms in total. The van der Waals surface area contributed by atoms with Crippen LogP contribution < -0.4 is 5.32 Å². The van der Waals surface area contributed by atoms with Crippen LogP contribution in [0.5, 0.6) is 0 Å². The summed E-state index contributed by atoms with van der Waals surface area (Å²) in [6, 6.07) is 8.11. The minimum Gasteiger partial charge on any atom is -0.380 e. The minimum atomic E-state index is 0.202. The molecule has 0 saturated carbocycles. The smallest absolute Gasteiger partial charge is 0.101 e. The van der Waals surface area contributed by atoms with Crippen LogP contribution in [0.15, 0.2) is 18.2 Å². The normalized spacial score (nSPS) is 11.9. The predicted octanol–water partition coefficient (Wildman–Crippen LogP) is 2.70. The van der Waals surface area contributed by atoms with Gasteiger partial charge in [-0.1, -0.05) is 12.1 Å². The largest absolute Gasteiger partial charge is 0.380 e. The fourth-order valence-electron chi connectivity index (χ4n) is 1.54. The van der Waals surface area contributed by atoms with Crippen molar-refractivity contribution in [3.05, 3.63) is 29.3 Å². The summed E-state index contributed by atoms with van der Waals surface area (Å²) in [5.41, 5.74) is 2.68. The number of nitriles is 1. The quantitative estimate of drug-likeness (QED) is 0.826. The van der Waals surface area contributed by atoms with Crippen molar-refractivity contribution >= 4 is 5.69 Å². The SMILES string of the molecule is CCOCC(C)Nc1c(C)cccc1C#N. The fraction of sp³-hybridized carbons (Fsp3) is 0.462. The van der Waals surface area contributed by atoms with Crippen LogP contribution in [0, 0.1) is 18.3 Å². The molecule has 0 amide bonds. The highest BCUT2D eigenvalue weighted by Crippen LogP contribution is 2.20. The Bertz CT molecular complexity index is 382. The molecule has 0 bridgehead atoms. The van der Waals surface area contributed by atoms with Gasteiger partial charge in [-0.3, -0.25) is 0 Å². The maximum Gasteiger partial charge on any atom is 0.101 e. The molecule has 0 heterocycles. The van der Waals surface area contributed by atoms with Gasteiger partial charge in [0.2, 0.25) is 0 Å². The van der Waals surface area contributed by atoms with Crippen molar-refractivity contribution in [2.45, 2.75) is 26.8 Å². The molecule has 0 saturated heterocycles. The Kier molecular flexibility index (Phi) is 4.81. The van der Waals surface area contributed by atoms with Crippen LogP contribution >= 0.6 is 0 Å². The first kappa shape index (κ1) is 12.5. The van der Waals surface area contributed by atoms with Gasteiger partial charge in [0, 0.05) is 12.6 Å². The summed E-state index contributed by atoms with van der Waals surface area (Å²) in [5.74, 6) is 0. The van der Waals surface area contributed by atoms with Crippen molar-refractivity contribution < 1.29 is 4.74 Å². The predicted molar refractivity (Wildman–Crippen MR) is 65.5 cm³/mol. The summed E-state index contributed by atoms with van der Waals surface area (Å²) in [6.45, 7) is 7.38. The molecule has 86 valence electrons. The maximum absolute atomic E-state index is 9.01. The van der Waals surface area contributed by atoms with Gasteiger partial charge in [-0.2, -0.15) is 5.26 Å². The molecule has 1 rings (SSSR count). The summed E-state index contributed by atoms with van der Waals surface area (Å²) in [5, 5.41) is 12.3. The summed E-state index contributed by atoms with van der Waals surface area (Å²) < 4.78 is 5.34. The van der Waals surface area contributed by atoms with Gasteiger partial charge in [0.25, 0.3) is 0 Å². The molecule has 0 spiro atoms. The number of ether oxygens (including phenoxy) is 1. The van der Waals surface area contributed by atoms with Crippen molar-refractivity contribution in [2.24, 2.45) is 0 Å². The molecule has 0 aliphatic heterocycles. The molecule has 0 aromatic heterocycles. The van der Waals surface area contributed by atoms with E-state index in [1.165, 1.54) is 0 Å². The molecular formula is C13H18N2O. The zero-order valence-electron chi connectivity index (χ0n) is 10.1. The second-order valence-electron chi connectivity index (χ2n) is 3.81. The van der Waals surface area contributed by atoms with E-state index < -0.39 is 0 Å². The minimum absolute atomic E-state index is 0.202. The molecule has 0 aliphatic carbocycles. The standard InChI is InChI=1S/C13H18N2O/c1-4-16-9-11(3)15-13-10(2)6-5-7-12(13)8-14/h5-7,11,15H,4,9H2,1-3H3. The molecule has 1 aromatic carbocycles. The van der Waals surface area contributed by atoms with E-state index in [9.17, 15) is 0 Å². The number of para-hydroxylation sites is 1. The van der Waals surface area contributed by atoms with Gasteiger partial charge in [0.1, 0.15) is 6.07 Å². The molecule has 1 atom stereocenters. The first-order valence-corrected chi connectivity index (χ1v) is 5.53. The Morgan fingerprint density at radius 2 is 2.25 bits per heavy atom. The van der Waals surface area contributed by atoms with Crippen LogP contribution in [0.1, 0.15) is 25.0 Å². The van der Waals surface area contributed by atoms with Crippen molar-refractivity contribution in [3.8, 4) is 6.07 Å². The highest BCUT2D eigenvalue weighted by Gasteiger charge is 2.08. The van der Waals surface area contributed by atoms with E-state index >= 15 is 0 Å². The fourth-order valence-corrected chi connectivity index (χ4v) is 1.54. The molecule has 0 radical (unpaired) electrons. The number of anilines is 1. The number of hydrogen-bond donors (Lipinski definition) is 1. The van der Waals surface area contributed by atoms with Gasteiger partial charge in [-0.15, -0.1) is 0 Å². The Balaban J connectivity index is 2.76. The van der Waals surface area contributed by atoms with Gasteiger partial charge in [0.05, 0.1) is 17.9 Å². The van der Waals surface area contributed by atoms with E-state index in [0.717, 1.165) is 11.3 Å². The maximum atomic E-state index is 9.01. The Hall–Kier alpha value is -1.53. The van der Waals surface area contributed by atoms with E-state index in [0.29, 0.717) is 18.8 Å². The third-order valence-corrected chi connectivity index (χ3v) is 2.36. The van der Waals surface area contributed by atoms with Gasteiger partial charge >= 0.3 is 0 Å². The number of nitrogens with one attached hydrogen (secondary N) is 1. The second-order valence-corrected chi connectivity index (χ2v) is 3.81. The molecule has 0 fully saturated rings. The van der Waals surface area contributed by atoms with Crippen molar-refractivity contribution in [3.63, 3.8) is 0 Å². The molecule has 1 aromatic rings. The van der Waals surface area contributed by atoms with E-state index in [-0.39, 0.29) is 6.04 Å². The lowest BCUT2D eigenvalue weighted by molar-refractivity contribution is 0.141. The summed E-state index contributed by atoms with van der Waals surface area (Å²) in [6.07, 6.45) is 0. The third kappa shape index (κ3) is 3.25. The van der Waals surface area contributed by atoms with Crippen LogP contribution in [0.4, 0.5) is 5.69 Å². The highest BCUT2D eigenvalue weighted by molar-refractivity contribution is 5.62. The summed E-state index contributed by atoms with van der Waals surface area (Å²) in [4.78, 5) is 0. The molecule has 1 N–H and O–H groups in total. The van der Waals surface area contributed by atoms with Crippen LogP contribution in [0.25, 0.3) is 0 Å². The molecule has 16 heavy (non-hydrogen) atoms. The van der Waals surface area contributed by atoms with Crippen LogP contribution in [-0.2, 0) is 4.74 Å². The Labute approximate surface area is 97.0 Å². The lowest BCUT2D eigenvalue weighted by atomic mass is 10.1. The molecule has 0 aliphatic rings. The van der Waals surface area contributed by atoms with E-state index in [1.54, 1.807) is 0 Å². The molecule has 1 unspecified atom stereocenters. The lowest BCUT2D eigenvalue weighted by Crippen LogP contribution is -2.22. The topological polar surface area (TPSA) is 45.0 Å². The lowest BCUT2D eigenvalue weighted by Gasteiger charge is -2.17. The summed E-state index contributed by atoms with van der Waals surface area (Å²) >= 11 is 0. The van der Waals surface area contributed by atoms with E-state index in [4.69, 9.17) is 10.00 Å². The number of benzene rings is 1. The van der Waals surface area contributed by atoms with E-state index in [1.807, 2.05) is 39.0 Å². The zero-order chi connectivity index (χ0) is 12.0. The number of hydrogen-bond acceptors (Lipinski definition) is 3. The average molecular weight is 218 g/mol. The van der Waals surface area contributed by atoms with Gasteiger partial charge in [-0.05, 0) is 32.4 Å². The van der Waals surface area contributed by atoms with Crippen molar-refractivity contribution in [1.82, 2.24) is 0 Å². The van der Waals surface area contributed by atoms with E-state index in [2.05, 4.69) is 11.4 Å². The highest BCUT2D eigenvalue weighted by atomic mass is 16.5. The molecular weight excluding hydrogens is 200 g/mol. The monoisotopic (exact) mass is 218 g/mol. The molecule has 3 heteroatoms.